The number of allylic oxidation sites excluding steroid dienone is 6. The molecule has 0 heterocycles. The van der Waals surface area contributed by atoms with Gasteiger partial charge in [-0.15, -0.1) is 0 Å². The van der Waals surface area contributed by atoms with E-state index in [1.165, 1.54) is 57.8 Å². The van der Waals surface area contributed by atoms with Gasteiger partial charge in [-0.1, -0.05) is 121 Å². The second kappa shape index (κ2) is 33.9. The minimum Gasteiger partial charge on any atom is -0.462 e. The molecule has 13 nitrogen and oxygen atoms in total. The van der Waals surface area contributed by atoms with Crippen LogP contribution in [0.25, 0.3) is 0 Å². The third-order valence-electron chi connectivity index (χ3n) is 9.95. The summed E-state index contributed by atoms with van der Waals surface area (Å²) in [5.74, 6) is -1.14. The molecule has 1 fully saturated rings. The molecule has 6 N–H and O–H groups in total. The largest absolute Gasteiger partial charge is 0.472 e. The van der Waals surface area contributed by atoms with Gasteiger partial charge < -0.3 is 39.9 Å². The molecular weight excluding hydrogens is 755 g/mol. The minimum absolute atomic E-state index is 0.0776. The van der Waals surface area contributed by atoms with E-state index in [1.807, 2.05) is 0 Å². The van der Waals surface area contributed by atoms with Crippen LogP contribution in [0.1, 0.15) is 168 Å². The third-order valence-corrected chi connectivity index (χ3v) is 10.9. The predicted molar refractivity (Wildman–Crippen MR) is 221 cm³/mol. The number of hydrogen-bond acceptors (Lipinski definition) is 12. The lowest BCUT2D eigenvalue weighted by molar-refractivity contribution is -0.220. The number of aliphatic hydroxyl groups excluding tert-OH is 5. The van der Waals surface area contributed by atoms with Gasteiger partial charge in [0.25, 0.3) is 0 Å². The average molecular weight is 833 g/mol. The van der Waals surface area contributed by atoms with Gasteiger partial charge in [0.15, 0.2) is 6.10 Å². The Kier molecular flexibility index (Phi) is 31.5. The van der Waals surface area contributed by atoms with E-state index in [-0.39, 0.29) is 12.8 Å². The summed E-state index contributed by atoms with van der Waals surface area (Å²) >= 11 is 0. The quantitative estimate of drug-likeness (QED) is 0.0156. The zero-order chi connectivity index (χ0) is 42.2. The predicted octanol–water partition coefficient (Wildman–Crippen LogP) is 7.83. The average Bonchev–Trinajstić information content (AvgIpc) is 3.19. The van der Waals surface area contributed by atoms with Gasteiger partial charge in [0.05, 0.1) is 6.61 Å². The summed E-state index contributed by atoms with van der Waals surface area (Å²) in [6.07, 6.45) is 23.5. The fourth-order valence-electron chi connectivity index (χ4n) is 6.37. The number of phosphoric acid groups is 1. The molecule has 0 aromatic heterocycles. The van der Waals surface area contributed by atoms with E-state index in [0.717, 1.165) is 70.6 Å². The maximum atomic E-state index is 12.8. The Labute approximate surface area is 342 Å². The summed E-state index contributed by atoms with van der Waals surface area (Å²) in [5.41, 5.74) is 0. The topological polar surface area (TPSA) is 210 Å². The highest BCUT2D eigenvalue weighted by molar-refractivity contribution is 7.47. The lowest BCUT2D eigenvalue weighted by atomic mass is 9.85. The molecule has 0 saturated heterocycles. The van der Waals surface area contributed by atoms with Crippen LogP contribution in [0.3, 0.4) is 0 Å². The van der Waals surface area contributed by atoms with Crippen molar-refractivity contribution in [1.82, 2.24) is 0 Å². The molecule has 1 saturated carbocycles. The molecule has 6 unspecified atom stereocenters. The highest BCUT2D eigenvalue weighted by Gasteiger charge is 2.51. The number of aliphatic hydroxyl groups is 5. The number of carbonyl (C=O) groups excluding carboxylic acids is 2. The van der Waals surface area contributed by atoms with E-state index in [9.17, 15) is 44.6 Å². The van der Waals surface area contributed by atoms with E-state index >= 15 is 0 Å². The number of hydrogen-bond donors (Lipinski definition) is 6. The number of ether oxygens (including phenoxy) is 2. The molecule has 0 aromatic carbocycles. The van der Waals surface area contributed by atoms with Crippen molar-refractivity contribution < 1.29 is 63.1 Å². The van der Waals surface area contributed by atoms with E-state index in [1.54, 1.807) is 0 Å². The van der Waals surface area contributed by atoms with Gasteiger partial charge in [0.2, 0.25) is 0 Å². The van der Waals surface area contributed by atoms with Crippen molar-refractivity contribution in [3.05, 3.63) is 36.5 Å². The molecule has 1 aliphatic rings. The Balaban J connectivity index is 2.52. The molecule has 332 valence electrons. The summed E-state index contributed by atoms with van der Waals surface area (Å²) in [6.45, 7) is 3.22. The molecule has 0 amide bonds. The third kappa shape index (κ3) is 26.7. The van der Waals surface area contributed by atoms with Crippen LogP contribution in [0, 0.1) is 0 Å². The highest BCUT2D eigenvalue weighted by atomic mass is 31.2. The van der Waals surface area contributed by atoms with Crippen molar-refractivity contribution in [3.8, 4) is 0 Å². The summed E-state index contributed by atoms with van der Waals surface area (Å²) in [4.78, 5) is 35.6. The number of unbranched alkanes of at least 4 members (excludes halogenated alkanes) is 17. The summed E-state index contributed by atoms with van der Waals surface area (Å²) in [5, 5.41) is 50.0. The SMILES string of the molecule is CCCCC/C=C/C/C=C/CCCCCCCC(=O)O[C@H](COC(=O)CCCCC/C=C/CCCCCCCC)COP(=O)(O)OC1C(O)C(O)C(O)[C@@H](O)C1O. The van der Waals surface area contributed by atoms with Gasteiger partial charge in [-0.2, -0.15) is 0 Å². The van der Waals surface area contributed by atoms with Gasteiger partial charge in [0.1, 0.15) is 43.2 Å². The molecule has 1 rings (SSSR count). The van der Waals surface area contributed by atoms with E-state index in [4.69, 9.17) is 18.5 Å². The maximum Gasteiger partial charge on any atom is 0.472 e. The Morgan fingerprint density at radius 2 is 0.947 bits per heavy atom. The normalized spacial score (nSPS) is 23.0. The van der Waals surface area contributed by atoms with Crippen molar-refractivity contribution in [2.45, 2.75) is 211 Å². The first-order valence-electron chi connectivity index (χ1n) is 21.8. The molecule has 0 aromatic rings. The fourth-order valence-corrected chi connectivity index (χ4v) is 7.34. The van der Waals surface area contributed by atoms with Crippen molar-refractivity contribution in [2.24, 2.45) is 0 Å². The lowest BCUT2D eigenvalue weighted by Crippen LogP contribution is -2.64. The fraction of sp³-hybridized carbons (Fsp3) is 0.814. The molecule has 8 atom stereocenters. The van der Waals surface area contributed by atoms with Crippen molar-refractivity contribution in [3.63, 3.8) is 0 Å². The van der Waals surface area contributed by atoms with Crippen molar-refractivity contribution in [2.75, 3.05) is 13.2 Å². The van der Waals surface area contributed by atoms with E-state index in [0.29, 0.717) is 12.8 Å². The number of carbonyl (C=O) groups is 2. The maximum absolute atomic E-state index is 12.8. The first-order valence-corrected chi connectivity index (χ1v) is 23.3. The molecule has 1 aliphatic carbocycles. The monoisotopic (exact) mass is 833 g/mol. The number of phosphoric ester groups is 1. The van der Waals surface area contributed by atoms with Crippen LogP contribution in [0.2, 0.25) is 0 Å². The van der Waals surface area contributed by atoms with Gasteiger partial charge >= 0.3 is 19.8 Å². The van der Waals surface area contributed by atoms with Crippen LogP contribution in [0.15, 0.2) is 36.5 Å². The van der Waals surface area contributed by atoms with Gasteiger partial charge in [-0.05, 0) is 70.6 Å². The highest BCUT2D eigenvalue weighted by Crippen LogP contribution is 2.47. The van der Waals surface area contributed by atoms with Crippen LogP contribution in [0.5, 0.6) is 0 Å². The molecule has 0 spiro atoms. The van der Waals surface area contributed by atoms with Crippen LogP contribution in [0.4, 0.5) is 0 Å². The standard InChI is InChI=1S/C43H77O13P/c1-3-5-7-9-11-13-15-17-18-20-22-24-26-28-30-32-37(45)55-35(34-54-57(51,52)56-43-41(49)39(47)38(46)40(48)42(43)50)33-53-36(44)31-29-27-25-23-21-19-16-14-12-10-8-6-4-2/h11,13,17-19,21,35,38-43,46-50H,3-10,12,14-16,20,22-34H2,1-2H3,(H,51,52)/b13-11+,18-17+,21-19+/t35-,38?,39-,40?,41?,42?,43?/m1/s1. The van der Waals surface area contributed by atoms with Crippen LogP contribution in [-0.2, 0) is 32.7 Å². The molecule has 57 heavy (non-hydrogen) atoms. The molecule has 0 aliphatic heterocycles. The Hall–Kier alpha value is -1.93. The Morgan fingerprint density at radius 3 is 1.49 bits per heavy atom. The molecular formula is C43H77O13P. The molecule has 0 radical (unpaired) electrons. The summed E-state index contributed by atoms with van der Waals surface area (Å²) in [7, 11) is -5.12. The smallest absolute Gasteiger partial charge is 0.462 e. The van der Waals surface area contributed by atoms with Crippen LogP contribution >= 0.6 is 7.82 Å². The second-order valence-corrected chi connectivity index (χ2v) is 16.6. The first kappa shape index (κ1) is 53.1. The van der Waals surface area contributed by atoms with E-state index in [2.05, 4.69) is 50.3 Å². The number of rotatable bonds is 35. The first-order chi connectivity index (χ1) is 27.4. The summed E-state index contributed by atoms with van der Waals surface area (Å²) < 4.78 is 33.4. The van der Waals surface area contributed by atoms with Gasteiger partial charge in [0, 0.05) is 12.8 Å². The zero-order valence-electron chi connectivity index (χ0n) is 34.9. The number of esters is 2. The van der Waals surface area contributed by atoms with Crippen molar-refractivity contribution >= 4 is 19.8 Å². The Morgan fingerprint density at radius 1 is 0.544 bits per heavy atom. The van der Waals surface area contributed by atoms with Crippen molar-refractivity contribution in [1.29, 1.82) is 0 Å². The van der Waals surface area contributed by atoms with Crippen LogP contribution < -0.4 is 0 Å². The second-order valence-electron chi connectivity index (χ2n) is 15.2. The lowest BCUT2D eigenvalue weighted by Gasteiger charge is -2.41. The summed E-state index contributed by atoms with van der Waals surface area (Å²) in [6, 6.07) is 0. The molecule has 14 heteroatoms. The zero-order valence-corrected chi connectivity index (χ0v) is 35.8. The van der Waals surface area contributed by atoms with Crippen LogP contribution in [-0.4, -0.2) is 98.3 Å². The Bertz CT molecular complexity index is 1150. The van der Waals surface area contributed by atoms with Gasteiger partial charge in [-0.25, -0.2) is 4.57 Å². The minimum atomic E-state index is -5.12. The van der Waals surface area contributed by atoms with Gasteiger partial charge in [-0.3, -0.25) is 18.6 Å². The van der Waals surface area contributed by atoms with E-state index < -0.39 is 75.7 Å². The molecule has 0 bridgehead atoms.